The maximum absolute atomic E-state index is 13.5. The first-order chi connectivity index (χ1) is 16.4. The SMILES string of the molecule is COC(=O)c1c(C)cccc1COC1CCCC(OCc2nc(-c3cccc(F)c3)oc2C)C1. The Morgan fingerprint density at radius 2 is 1.82 bits per heavy atom. The molecule has 180 valence electrons. The highest BCUT2D eigenvalue weighted by Crippen LogP contribution is 2.28. The van der Waals surface area contributed by atoms with Crippen molar-refractivity contribution in [3.8, 4) is 11.5 Å². The van der Waals surface area contributed by atoms with E-state index in [1.54, 1.807) is 12.1 Å². The van der Waals surface area contributed by atoms with Crippen molar-refractivity contribution < 1.29 is 27.8 Å². The summed E-state index contributed by atoms with van der Waals surface area (Å²) in [5.74, 6) is 0.378. The van der Waals surface area contributed by atoms with Gasteiger partial charge in [0.15, 0.2) is 0 Å². The molecular formula is C27H30FNO5. The molecule has 3 aromatic rings. The summed E-state index contributed by atoms with van der Waals surface area (Å²) < 4.78 is 36.5. The van der Waals surface area contributed by atoms with Crippen LogP contribution in [-0.4, -0.2) is 30.3 Å². The fraction of sp³-hybridized carbons (Fsp3) is 0.407. The van der Waals surface area contributed by atoms with E-state index in [1.165, 1.54) is 19.2 Å². The zero-order chi connectivity index (χ0) is 24.1. The fourth-order valence-corrected chi connectivity index (χ4v) is 4.36. The van der Waals surface area contributed by atoms with Crippen molar-refractivity contribution in [2.45, 2.75) is 65.0 Å². The Bertz CT molecular complexity index is 1140. The molecule has 1 aliphatic carbocycles. The number of ether oxygens (including phenoxy) is 3. The second kappa shape index (κ2) is 10.9. The Kier molecular flexibility index (Phi) is 7.75. The van der Waals surface area contributed by atoms with Gasteiger partial charge in [0, 0.05) is 5.56 Å². The molecule has 0 aliphatic heterocycles. The molecule has 7 heteroatoms. The van der Waals surface area contributed by atoms with Crippen LogP contribution in [0.1, 0.15) is 58.6 Å². The Morgan fingerprint density at radius 3 is 2.56 bits per heavy atom. The topological polar surface area (TPSA) is 70.8 Å². The summed E-state index contributed by atoms with van der Waals surface area (Å²) >= 11 is 0. The Labute approximate surface area is 199 Å². The smallest absolute Gasteiger partial charge is 0.338 e. The van der Waals surface area contributed by atoms with Gasteiger partial charge in [-0.15, -0.1) is 0 Å². The number of halogens is 1. The molecule has 2 aromatic carbocycles. The molecule has 0 saturated heterocycles. The van der Waals surface area contributed by atoms with Crippen molar-refractivity contribution in [1.82, 2.24) is 4.98 Å². The molecule has 0 amide bonds. The van der Waals surface area contributed by atoms with Crippen molar-refractivity contribution in [3.05, 3.63) is 76.4 Å². The molecule has 1 heterocycles. The number of carbonyl (C=O) groups excluding carboxylic acids is 1. The molecule has 1 saturated carbocycles. The van der Waals surface area contributed by atoms with E-state index in [1.807, 2.05) is 32.0 Å². The molecule has 0 bridgehead atoms. The summed E-state index contributed by atoms with van der Waals surface area (Å²) in [5, 5.41) is 0. The van der Waals surface area contributed by atoms with Gasteiger partial charge >= 0.3 is 5.97 Å². The van der Waals surface area contributed by atoms with Crippen LogP contribution in [0.3, 0.4) is 0 Å². The van der Waals surface area contributed by atoms with Crippen LogP contribution in [0, 0.1) is 19.7 Å². The van der Waals surface area contributed by atoms with E-state index >= 15 is 0 Å². The van der Waals surface area contributed by atoms with Gasteiger partial charge in [-0.25, -0.2) is 14.2 Å². The van der Waals surface area contributed by atoms with Gasteiger partial charge in [-0.1, -0.05) is 24.3 Å². The minimum atomic E-state index is -0.345. The Morgan fingerprint density at radius 1 is 1.09 bits per heavy atom. The molecule has 2 unspecified atom stereocenters. The minimum absolute atomic E-state index is 0.0463. The number of esters is 1. The zero-order valence-corrected chi connectivity index (χ0v) is 19.8. The van der Waals surface area contributed by atoms with Crippen LogP contribution >= 0.6 is 0 Å². The summed E-state index contributed by atoms with van der Waals surface area (Å²) in [4.78, 5) is 16.7. The number of aryl methyl sites for hydroxylation is 2. The van der Waals surface area contributed by atoms with E-state index in [2.05, 4.69) is 4.98 Å². The molecule has 6 nitrogen and oxygen atoms in total. The van der Waals surface area contributed by atoms with Gasteiger partial charge in [-0.3, -0.25) is 0 Å². The number of benzene rings is 2. The minimum Gasteiger partial charge on any atom is -0.465 e. The molecule has 4 rings (SSSR count). The van der Waals surface area contributed by atoms with Crippen molar-refractivity contribution in [3.63, 3.8) is 0 Å². The maximum atomic E-state index is 13.5. The van der Waals surface area contributed by atoms with Gasteiger partial charge in [0.05, 0.1) is 38.1 Å². The van der Waals surface area contributed by atoms with Crippen LogP contribution in [0.25, 0.3) is 11.5 Å². The van der Waals surface area contributed by atoms with E-state index in [0.29, 0.717) is 41.7 Å². The van der Waals surface area contributed by atoms with Crippen LogP contribution in [-0.2, 0) is 27.4 Å². The number of carbonyl (C=O) groups is 1. The van der Waals surface area contributed by atoms with Gasteiger partial charge in [0.25, 0.3) is 0 Å². The molecule has 0 spiro atoms. The average molecular weight is 468 g/mol. The number of hydrogen-bond acceptors (Lipinski definition) is 6. The summed E-state index contributed by atoms with van der Waals surface area (Å²) in [7, 11) is 1.39. The van der Waals surface area contributed by atoms with Gasteiger partial charge < -0.3 is 18.6 Å². The largest absolute Gasteiger partial charge is 0.465 e. The van der Waals surface area contributed by atoms with Crippen LogP contribution in [0.2, 0.25) is 0 Å². The number of aromatic nitrogens is 1. The second-order valence-corrected chi connectivity index (χ2v) is 8.67. The lowest BCUT2D eigenvalue weighted by Gasteiger charge is -2.29. The molecule has 1 aliphatic rings. The van der Waals surface area contributed by atoms with E-state index in [0.717, 1.165) is 36.8 Å². The van der Waals surface area contributed by atoms with E-state index in [-0.39, 0.29) is 24.0 Å². The van der Waals surface area contributed by atoms with E-state index in [9.17, 15) is 9.18 Å². The first-order valence-corrected chi connectivity index (χ1v) is 11.6. The third kappa shape index (κ3) is 5.72. The van der Waals surface area contributed by atoms with Gasteiger partial charge in [-0.05, 0) is 68.9 Å². The van der Waals surface area contributed by atoms with Crippen LogP contribution in [0.4, 0.5) is 4.39 Å². The molecule has 2 atom stereocenters. The lowest BCUT2D eigenvalue weighted by molar-refractivity contribution is -0.0564. The van der Waals surface area contributed by atoms with E-state index < -0.39 is 0 Å². The fourth-order valence-electron chi connectivity index (χ4n) is 4.36. The van der Waals surface area contributed by atoms with Crippen molar-refractivity contribution in [2.24, 2.45) is 0 Å². The Balaban J connectivity index is 1.33. The van der Waals surface area contributed by atoms with Crippen LogP contribution < -0.4 is 0 Å². The van der Waals surface area contributed by atoms with Crippen LogP contribution in [0.5, 0.6) is 0 Å². The third-order valence-corrected chi connectivity index (χ3v) is 6.22. The van der Waals surface area contributed by atoms with Crippen molar-refractivity contribution in [2.75, 3.05) is 7.11 Å². The normalized spacial score (nSPS) is 18.1. The number of nitrogens with zero attached hydrogens (tertiary/aromatic N) is 1. The highest BCUT2D eigenvalue weighted by molar-refractivity contribution is 5.92. The third-order valence-electron chi connectivity index (χ3n) is 6.22. The molecule has 1 fully saturated rings. The maximum Gasteiger partial charge on any atom is 0.338 e. The average Bonchev–Trinajstić information content (AvgIpc) is 3.22. The van der Waals surface area contributed by atoms with Gasteiger partial charge in [0.2, 0.25) is 5.89 Å². The molecule has 1 aromatic heterocycles. The Hall–Kier alpha value is -3.03. The lowest BCUT2D eigenvalue weighted by atomic mass is 9.94. The summed E-state index contributed by atoms with van der Waals surface area (Å²) in [6.07, 6.45) is 3.76. The summed E-state index contributed by atoms with van der Waals surface area (Å²) in [6.45, 7) is 4.41. The monoisotopic (exact) mass is 467 g/mol. The zero-order valence-electron chi connectivity index (χ0n) is 19.8. The van der Waals surface area contributed by atoms with Gasteiger partial charge in [0.1, 0.15) is 17.3 Å². The van der Waals surface area contributed by atoms with Crippen molar-refractivity contribution >= 4 is 5.97 Å². The summed E-state index contributed by atoms with van der Waals surface area (Å²) in [5.41, 5.74) is 3.59. The van der Waals surface area contributed by atoms with Crippen LogP contribution in [0.15, 0.2) is 46.9 Å². The number of oxazole rings is 1. The quantitative estimate of drug-likeness (QED) is 0.383. The van der Waals surface area contributed by atoms with Crippen molar-refractivity contribution in [1.29, 1.82) is 0 Å². The first kappa shape index (κ1) is 24.1. The predicted molar refractivity (Wildman–Crippen MR) is 125 cm³/mol. The summed E-state index contributed by atoms with van der Waals surface area (Å²) in [6, 6.07) is 11.9. The molecule has 0 radical (unpaired) electrons. The molecule has 34 heavy (non-hydrogen) atoms. The standard InChI is InChI=1S/C27H30FNO5/c1-17-7-4-9-20(25(17)27(30)31-3)15-32-22-11-6-12-23(14-22)33-16-24-18(2)34-26(29-24)19-8-5-10-21(28)13-19/h4-5,7-10,13,22-23H,6,11-12,14-16H2,1-3H3. The van der Waals surface area contributed by atoms with E-state index in [4.69, 9.17) is 18.6 Å². The number of hydrogen-bond donors (Lipinski definition) is 0. The molecule has 0 N–H and O–H groups in total. The van der Waals surface area contributed by atoms with Gasteiger partial charge in [-0.2, -0.15) is 0 Å². The molecular weight excluding hydrogens is 437 g/mol. The highest BCUT2D eigenvalue weighted by atomic mass is 19.1. The second-order valence-electron chi connectivity index (χ2n) is 8.67. The predicted octanol–water partition coefficient (Wildman–Crippen LogP) is 5.93. The number of methoxy groups -OCH3 is 1. The lowest BCUT2D eigenvalue weighted by Crippen LogP contribution is -2.28. The number of rotatable bonds is 8. The first-order valence-electron chi connectivity index (χ1n) is 11.6. The highest BCUT2D eigenvalue weighted by Gasteiger charge is 2.25.